The van der Waals surface area contributed by atoms with Gasteiger partial charge >= 0.3 is 6.18 Å². The number of hydrogen-bond donors (Lipinski definition) is 1. The molecule has 3 rings (SSSR count). The van der Waals surface area contributed by atoms with Crippen molar-refractivity contribution >= 4 is 16.9 Å². The van der Waals surface area contributed by atoms with Gasteiger partial charge in [-0.05, 0) is 55.3 Å². The molecule has 2 aromatic carbocycles. The maximum Gasteiger partial charge on any atom is 0.416 e. The van der Waals surface area contributed by atoms with E-state index < -0.39 is 11.7 Å². The fraction of sp³-hybridized carbons (Fsp3) is 0.227. The smallest absolute Gasteiger partial charge is 0.416 e. The van der Waals surface area contributed by atoms with E-state index in [1.54, 1.807) is 6.26 Å². The van der Waals surface area contributed by atoms with Gasteiger partial charge in [-0.1, -0.05) is 17.9 Å². The molecule has 0 aliphatic heterocycles. The van der Waals surface area contributed by atoms with Gasteiger partial charge < -0.3 is 9.73 Å². The number of carbonyl (C=O) groups excluding carboxylic acids is 1. The second kappa shape index (κ2) is 7.81. The van der Waals surface area contributed by atoms with Crippen molar-refractivity contribution in [2.75, 3.05) is 6.54 Å². The fourth-order valence-corrected chi connectivity index (χ4v) is 2.77. The fourth-order valence-electron chi connectivity index (χ4n) is 2.77. The van der Waals surface area contributed by atoms with Crippen LogP contribution in [0.1, 0.15) is 27.8 Å². The van der Waals surface area contributed by atoms with Crippen molar-refractivity contribution in [3.05, 3.63) is 70.5 Å². The van der Waals surface area contributed by atoms with Gasteiger partial charge in [-0.2, -0.15) is 13.2 Å². The second-order valence-electron chi connectivity index (χ2n) is 6.53. The molecule has 1 heterocycles. The summed E-state index contributed by atoms with van der Waals surface area (Å²) in [4.78, 5) is 12.1. The lowest BCUT2D eigenvalue weighted by Gasteiger charge is -2.05. The van der Waals surface area contributed by atoms with E-state index in [0.717, 1.165) is 39.8 Å². The van der Waals surface area contributed by atoms with Crippen LogP contribution in [0.5, 0.6) is 0 Å². The van der Waals surface area contributed by atoms with E-state index in [1.807, 2.05) is 26.0 Å². The van der Waals surface area contributed by atoms with E-state index in [1.165, 1.54) is 12.1 Å². The number of alkyl halides is 3. The Bertz CT molecular complexity index is 1080. The largest absolute Gasteiger partial charge is 0.464 e. The number of halogens is 3. The van der Waals surface area contributed by atoms with Gasteiger partial charge in [0.25, 0.3) is 0 Å². The van der Waals surface area contributed by atoms with Crippen molar-refractivity contribution in [3.8, 4) is 11.8 Å². The molecule has 0 radical (unpaired) electrons. The average molecular weight is 385 g/mol. The van der Waals surface area contributed by atoms with E-state index >= 15 is 0 Å². The summed E-state index contributed by atoms with van der Waals surface area (Å²) in [7, 11) is 0. The van der Waals surface area contributed by atoms with E-state index in [9.17, 15) is 18.0 Å². The van der Waals surface area contributed by atoms with Gasteiger partial charge in [0.05, 0.1) is 24.8 Å². The molecule has 0 saturated heterocycles. The third-order valence-electron chi connectivity index (χ3n) is 4.42. The topological polar surface area (TPSA) is 42.2 Å². The van der Waals surface area contributed by atoms with E-state index in [4.69, 9.17) is 4.42 Å². The summed E-state index contributed by atoms with van der Waals surface area (Å²) in [6, 6.07) is 8.70. The van der Waals surface area contributed by atoms with Crippen LogP contribution in [0.2, 0.25) is 0 Å². The highest BCUT2D eigenvalue weighted by atomic mass is 19.4. The van der Waals surface area contributed by atoms with Gasteiger partial charge in [0.1, 0.15) is 5.58 Å². The van der Waals surface area contributed by atoms with Gasteiger partial charge in [0.15, 0.2) is 0 Å². The van der Waals surface area contributed by atoms with E-state index in [-0.39, 0.29) is 24.4 Å². The number of benzene rings is 2. The Morgan fingerprint density at radius 3 is 2.64 bits per heavy atom. The predicted molar refractivity (Wildman–Crippen MR) is 101 cm³/mol. The zero-order valence-electron chi connectivity index (χ0n) is 15.4. The molecule has 1 amide bonds. The number of rotatable bonds is 3. The molecule has 1 aromatic heterocycles. The number of nitrogens with one attached hydrogen (secondary N) is 1. The summed E-state index contributed by atoms with van der Waals surface area (Å²) in [6.07, 6.45) is -2.70. The van der Waals surface area contributed by atoms with Crippen LogP contribution in [-0.2, 0) is 17.4 Å². The second-order valence-corrected chi connectivity index (χ2v) is 6.53. The van der Waals surface area contributed by atoms with Crippen LogP contribution < -0.4 is 5.32 Å². The Kier molecular flexibility index (Phi) is 5.46. The Labute approximate surface area is 160 Å². The van der Waals surface area contributed by atoms with Crippen molar-refractivity contribution in [1.82, 2.24) is 5.32 Å². The first-order chi connectivity index (χ1) is 13.2. The molecule has 0 aliphatic rings. The summed E-state index contributed by atoms with van der Waals surface area (Å²) in [6.45, 7) is 4.03. The lowest BCUT2D eigenvalue weighted by Crippen LogP contribution is -2.25. The Balaban J connectivity index is 1.61. The minimum atomic E-state index is -4.41. The molecular weight excluding hydrogens is 367 g/mol. The maximum absolute atomic E-state index is 12.7. The molecule has 144 valence electrons. The average Bonchev–Trinajstić information content (AvgIpc) is 3.00. The highest BCUT2D eigenvalue weighted by molar-refractivity contribution is 5.88. The number of fused-ring (bicyclic) bond motifs is 1. The Morgan fingerprint density at radius 2 is 1.89 bits per heavy atom. The highest BCUT2D eigenvalue weighted by Gasteiger charge is 2.30. The van der Waals surface area contributed by atoms with Crippen LogP contribution in [0.15, 0.2) is 47.1 Å². The minimum absolute atomic E-state index is 0.0446. The first-order valence-electron chi connectivity index (χ1n) is 8.64. The quantitative estimate of drug-likeness (QED) is 0.660. The van der Waals surface area contributed by atoms with Gasteiger partial charge in [0.2, 0.25) is 5.91 Å². The Morgan fingerprint density at radius 1 is 1.14 bits per heavy atom. The molecule has 1 N–H and O–H groups in total. The van der Waals surface area contributed by atoms with Crippen molar-refractivity contribution in [2.24, 2.45) is 0 Å². The molecule has 0 spiro atoms. The molecule has 0 saturated carbocycles. The summed E-state index contributed by atoms with van der Waals surface area (Å²) < 4.78 is 43.6. The summed E-state index contributed by atoms with van der Waals surface area (Å²) in [5, 5.41) is 3.55. The van der Waals surface area contributed by atoms with Crippen molar-refractivity contribution in [3.63, 3.8) is 0 Å². The summed E-state index contributed by atoms with van der Waals surface area (Å²) in [5.41, 5.74) is 3.23. The van der Waals surface area contributed by atoms with Gasteiger partial charge in [-0.25, -0.2) is 0 Å². The lowest BCUT2D eigenvalue weighted by atomic mass is 10.0. The van der Waals surface area contributed by atoms with Crippen LogP contribution in [0.25, 0.3) is 11.0 Å². The number of amides is 1. The van der Waals surface area contributed by atoms with Gasteiger partial charge in [-0.15, -0.1) is 0 Å². The van der Waals surface area contributed by atoms with Crippen molar-refractivity contribution in [1.29, 1.82) is 0 Å². The summed E-state index contributed by atoms with van der Waals surface area (Å²) >= 11 is 0. The molecule has 3 aromatic rings. The third kappa shape index (κ3) is 4.55. The van der Waals surface area contributed by atoms with Crippen molar-refractivity contribution < 1.29 is 22.4 Å². The SMILES string of the molecule is Cc1cc2occ(CC(=O)NCC#Cc3cccc(C(F)(F)F)c3)c2cc1C. The maximum atomic E-state index is 12.7. The normalized spacial score (nSPS) is 11.2. The molecular formula is C22H18F3NO2. The molecule has 28 heavy (non-hydrogen) atoms. The molecule has 0 bridgehead atoms. The zero-order chi connectivity index (χ0) is 20.3. The van der Waals surface area contributed by atoms with E-state index in [2.05, 4.69) is 17.2 Å². The van der Waals surface area contributed by atoms with Gasteiger partial charge in [-0.3, -0.25) is 4.79 Å². The van der Waals surface area contributed by atoms with E-state index in [0.29, 0.717) is 0 Å². The first kappa shape index (κ1) is 19.6. The molecule has 0 unspecified atom stereocenters. The standard InChI is InChI=1S/C22H18F3NO2/c1-14-9-19-17(13-28-20(19)10-15(14)2)12-21(27)26-8-4-6-16-5-3-7-18(11-16)22(23,24)25/h3,5,7,9-11,13H,8,12H2,1-2H3,(H,26,27). The minimum Gasteiger partial charge on any atom is -0.464 e. The van der Waals surface area contributed by atoms with Crippen molar-refractivity contribution in [2.45, 2.75) is 26.4 Å². The number of hydrogen-bond acceptors (Lipinski definition) is 2. The highest BCUT2D eigenvalue weighted by Crippen LogP contribution is 2.29. The van der Waals surface area contributed by atoms with Crippen LogP contribution in [0.3, 0.4) is 0 Å². The molecule has 6 heteroatoms. The molecule has 3 nitrogen and oxygen atoms in total. The number of carbonyl (C=O) groups is 1. The van der Waals surface area contributed by atoms with Crippen LogP contribution in [0.4, 0.5) is 13.2 Å². The summed E-state index contributed by atoms with van der Waals surface area (Å²) in [5.74, 6) is 5.07. The number of aryl methyl sites for hydroxylation is 2. The monoisotopic (exact) mass is 385 g/mol. The third-order valence-corrected chi connectivity index (χ3v) is 4.42. The zero-order valence-corrected chi connectivity index (χ0v) is 15.4. The van der Waals surface area contributed by atoms with Gasteiger partial charge in [0, 0.05) is 16.5 Å². The van der Waals surface area contributed by atoms with Crippen LogP contribution >= 0.6 is 0 Å². The lowest BCUT2D eigenvalue weighted by molar-refractivity contribution is -0.137. The molecule has 0 atom stereocenters. The predicted octanol–water partition coefficient (Wildman–Crippen LogP) is 4.78. The van der Waals surface area contributed by atoms with Crippen LogP contribution in [-0.4, -0.2) is 12.5 Å². The number of furan rings is 1. The van der Waals surface area contributed by atoms with Crippen LogP contribution in [0, 0.1) is 25.7 Å². The first-order valence-corrected chi connectivity index (χ1v) is 8.64. The molecule has 0 aliphatic carbocycles. The molecule has 0 fully saturated rings. The Hall–Kier alpha value is -3.20.